The molecule has 0 radical (unpaired) electrons. The van der Waals surface area contributed by atoms with Gasteiger partial charge in [-0.2, -0.15) is 0 Å². The van der Waals surface area contributed by atoms with Gasteiger partial charge in [0.15, 0.2) is 10.8 Å². The van der Waals surface area contributed by atoms with Gasteiger partial charge in [0.2, 0.25) is 0 Å². The van der Waals surface area contributed by atoms with Crippen molar-refractivity contribution in [1.82, 2.24) is 14.5 Å². The first-order valence-electron chi connectivity index (χ1n) is 9.38. The molecule has 2 aromatic carbocycles. The molecule has 5 rings (SSSR count). The lowest BCUT2D eigenvalue weighted by molar-refractivity contribution is -0.136. The van der Waals surface area contributed by atoms with E-state index in [2.05, 4.69) is 40.3 Å². The smallest absolute Gasteiger partial charge is 0.316 e. The summed E-state index contributed by atoms with van der Waals surface area (Å²) in [5.41, 5.74) is 3.91. The second kappa shape index (κ2) is 6.63. The number of aromatic nitrogens is 3. The number of aliphatic carboxylic acids is 1. The zero-order valence-corrected chi connectivity index (χ0v) is 16.2. The Morgan fingerprint density at radius 3 is 2.68 bits per heavy atom. The van der Waals surface area contributed by atoms with E-state index < -0.39 is 11.2 Å². The molecule has 1 aliphatic carbocycles. The Morgan fingerprint density at radius 2 is 1.93 bits per heavy atom. The number of fused-ring (bicyclic) bond motifs is 2. The molecule has 140 valence electrons. The molecule has 2 aromatic heterocycles. The molecule has 5 nitrogen and oxygen atoms in total. The quantitative estimate of drug-likeness (QED) is 0.486. The number of carboxylic acid groups (broad SMARTS) is 1. The third kappa shape index (κ3) is 2.85. The van der Waals surface area contributed by atoms with Crippen molar-refractivity contribution in [1.29, 1.82) is 0 Å². The molecular formula is C22H19N3O2S. The van der Waals surface area contributed by atoms with E-state index in [1.165, 1.54) is 35.6 Å². The molecule has 1 aliphatic rings. The molecule has 2 heterocycles. The minimum Gasteiger partial charge on any atom is -0.480 e. The summed E-state index contributed by atoms with van der Waals surface area (Å²) < 4.78 is 2.05. The van der Waals surface area contributed by atoms with Gasteiger partial charge in [0.05, 0.1) is 11.2 Å². The third-order valence-electron chi connectivity index (χ3n) is 5.22. The molecule has 28 heavy (non-hydrogen) atoms. The predicted molar refractivity (Wildman–Crippen MR) is 111 cm³/mol. The Kier molecular flexibility index (Phi) is 4.09. The monoisotopic (exact) mass is 389 g/mol. The summed E-state index contributed by atoms with van der Waals surface area (Å²) in [6, 6.07) is 16.7. The second-order valence-electron chi connectivity index (χ2n) is 7.17. The van der Waals surface area contributed by atoms with Crippen LogP contribution in [0.25, 0.3) is 27.6 Å². The van der Waals surface area contributed by atoms with Gasteiger partial charge in [-0.05, 0) is 54.8 Å². The first-order valence-corrected chi connectivity index (χ1v) is 10.3. The van der Waals surface area contributed by atoms with Gasteiger partial charge in [-0.15, -0.1) is 0 Å². The third-order valence-corrected chi connectivity index (χ3v) is 6.26. The van der Waals surface area contributed by atoms with Gasteiger partial charge in [0.25, 0.3) is 0 Å². The van der Waals surface area contributed by atoms with Gasteiger partial charge in [0.1, 0.15) is 5.25 Å². The normalized spacial score (nSPS) is 15.2. The summed E-state index contributed by atoms with van der Waals surface area (Å²) >= 11 is 1.24. The Labute approximate surface area is 166 Å². The first-order chi connectivity index (χ1) is 13.6. The summed E-state index contributed by atoms with van der Waals surface area (Å²) in [6.45, 7) is 1.68. The van der Waals surface area contributed by atoms with Gasteiger partial charge in [-0.3, -0.25) is 9.36 Å². The SMILES string of the molecule is C[C@@H](Sc1nc2ncccc2n1-c1ccc(C2CC2)c2ccccc12)C(=O)O. The Hall–Kier alpha value is -2.86. The fourth-order valence-corrected chi connectivity index (χ4v) is 4.52. The molecule has 1 atom stereocenters. The van der Waals surface area contributed by atoms with Crippen molar-refractivity contribution in [3.05, 3.63) is 60.3 Å². The number of imidazole rings is 1. The van der Waals surface area contributed by atoms with Gasteiger partial charge < -0.3 is 5.11 Å². The lowest BCUT2D eigenvalue weighted by Gasteiger charge is -2.15. The van der Waals surface area contributed by atoms with Crippen molar-refractivity contribution >= 4 is 39.7 Å². The summed E-state index contributed by atoms with van der Waals surface area (Å²) in [7, 11) is 0. The van der Waals surface area contributed by atoms with Crippen LogP contribution in [0.1, 0.15) is 31.2 Å². The van der Waals surface area contributed by atoms with Crippen LogP contribution in [0, 0.1) is 0 Å². The number of hydrogen-bond donors (Lipinski definition) is 1. The van der Waals surface area contributed by atoms with Crippen molar-refractivity contribution in [2.24, 2.45) is 0 Å². The Bertz CT molecular complexity index is 1210. The summed E-state index contributed by atoms with van der Waals surface area (Å²) in [5.74, 6) is -0.202. The van der Waals surface area contributed by atoms with Crippen molar-refractivity contribution in [2.75, 3.05) is 0 Å². The Morgan fingerprint density at radius 1 is 1.14 bits per heavy atom. The predicted octanol–water partition coefficient (Wildman–Crippen LogP) is 5.02. The first kappa shape index (κ1) is 17.3. The maximum atomic E-state index is 11.4. The standard InChI is InChI=1S/C22H19N3O2S/c1-13(21(26)27)28-22-24-20-19(7-4-12-23-20)25(22)18-11-10-15(14-8-9-14)16-5-2-3-6-17(16)18/h2-7,10-14H,8-9H2,1H3,(H,26,27)/t13-/m1/s1. The highest BCUT2D eigenvalue weighted by Crippen LogP contribution is 2.44. The molecule has 1 N–H and O–H groups in total. The fourth-order valence-electron chi connectivity index (χ4n) is 3.66. The lowest BCUT2D eigenvalue weighted by atomic mass is 9.99. The molecular weight excluding hydrogens is 370 g/mol. The number of hydrogen-bond acceptors (Lipinski definition) is 4. The average Bonchev–Trinajstić information content (AvgIpc) is 3.48. The largest absolute Gasteiger partial charge is 0.480 e. The molecule has 4 aromatic rings. The van der Waals surface area contributed by atoms with Crippen LogP contribution in [0.3, 0.4) is 0 Å². The highest BCUT2D eigenvalue weighted by atomic mass is 32.2. The number of rotatable bonds is 5. The van der Waals surface area contributed by atoms with E-state index in [4.69, 9.17) is 0 Å². The van der Waals surface area contributed by atoms with Crippen LogP contribution in [-0.2, 0) is 4.79 Å². The number of thioether (sulfide) groups is 1. The summed E-state index contributed by atoms with van der Waals surface area (Å²) in [4.78, 5) is 20.5. The van der Waals surface area contributed by atoms with Gasteiger partial charge in [-0.25, -0.2) is 9.97 Å². The minimum absolute atomic E-state index is 0.604. The molecule has 6 heteroatoms. The number of carboxylic acids is 1. The van der Waals surface area contributed by atoms with E-state index >= 15 is 0 Å². The molecule has 0 spiro atoms. The highest BCUT2D eigenvalue weighted by Gasteiger charge is 2.27. The maximum Gasteiger partial charge on any atom is 0.316 e. The molecule has 1 saturated carbocycles. The van der Waals surface area contributed by atoms with Crippen molar-refractivity contribution < 1.29 is 9.90 Å². The number of carbonyl (C=O) groups is 1. The van der Waals surface area contributed by atoms with Crippen LogP contribution < -0.4 is 0 Å². The molecule has 0 aliphatic heterocycles. The minimum atomic E-state index is -0.856. The number of nitrogens with zero attached hydrogens (tertiary/aromatic N) is 3. The fraction of sp³-hybridized carbons (Fsp3) is 0.227. The van der Waals surface area contributed by atoms with Crippen molar-refractivity contribution in [3.63, 3.8) is 0 Å². The lowest BCUT2D eigenvalue weighted by Crippen LogP contribution is -2.12. The number of pyridine rings is 1. The van der Waals surface area contributed by atoms with E-state index in [9.17, 15) is 9.90 Å². The molecule has 1 fully saturated rings. The second-order valence-corrected chi connectivity index (χ2v) is 8.48. The number of benzene rings is 2. The Balaban J connectivity index is 1.77. The van der Waals surface area contributed by atoms with Crippen molar-refractivity contribution in [3.8, 4) is 5.69 Å². The zero-order valence-electron chi connectivity index (χ0n) is 15.4. The maximum absolute atomic E-state index is 11.4. The zero-order chi connectivity index (χ0) is 19.3. The molecule has 0 bridgehead atoms. The van der Waals surface area contributed by atoms with E-state index in [-0.39, 0.29) is 0 Å². The van der Waals surface area contributed by atoms with Gasteiger partial charge in [0, 0.05) is 11.6 Å². The van der Waals surface area contributed by atoms with Crippen LogP contribution in [0.2, 0.25) is 0 Å². The van der Waals surface area contributed by atoms with E-state index in [0.717, 1.165) is 16.6 Å². The summed E-state index contributed by atoms with van der Waals surface area (Å²) in [5, 5.41) is 11.8. The van der Waals surface area contributed by atoms with Crippen LogP contribution in [0.5, 0.6) is 0 Å². The molecule has 0 saturated heterocycles. The van der Waals surface area contributed by atoms with Crippen LogP contribution >= 0.6 is 11.8 Å². The van der Waals surface area contributed by atoms with E-state index in [1.54, 1.807) is 13.1 Å². The highest BCUT2D eigenvalue weighted by molar-refractivity contribution is 8.00. The van der Waals surface area contributed by atoms with Crippen LogP contribution in [0.15, 0.2) is 59.9 Å². The van der Waals surface area contributed by atoms with E-state index in [0.29, 0.717) is 16.7 Å². The van der Waals surface area contributed by atoms with E-state index in [1.807, 2.05) is 22.8 Å². The average molecular weight is 389 g/mol. The van der Waals surface area contributed by atoms with Crippen LogP contribution in [-0.4, -0.2) is 30.9 Å². The van der Waals surface area contributed by atoms with Crippen molar-refractivity contribution in [2.45, 2.75) is 36.1 Å². The molecule has 0 amide bonds. The topological polar surface area (TPSA) is 68.0 Å². The van der Waals surface area contributed by atoms with Crippen LogP contribution in [0.4, 0.5) is 0 Å². The van der Waals surface area contributed by atoms with Gasteiger partial charge in [-0.1, -0.05) is 42.1 Å². The van der Waals surface area contributed by atoms with Gasteiger partial charge >= 0.3 is 5.97 Å². The summed E-state index contributed by atoms with van der Waals surface area (Å²) in [6.07, 6.45) is 4.21. The molecule has 0 unspecified atom stereocenters.